The first-order valence-electron chi connectivity index (χ1n) is 11.9. The topological polar surface area (TPSA) is 129 Å². The summed E-state index contributed by atoms with van der Waals surface area (Å²) >= 11 is 7.04. The second kappa shape index (κ2) is 10.1. The van der Waals surface area contributed by atoms with E-state index >= 15 is 0 Å². The van der Waals surface area contributed by atoms with Gasteiger partial charge in [-0.2, -0.15) is 0 Å². The molecule has 0 bridgehead atoms. The number of aromatic amines is 1. The van der Waals surface area contributed by atoms with Crippen LogP contribution in [0.1, 0.15) is 44.1 Å². The summed E-state index contributed by atoms with van der Waals surface area (Å²) in [5.74, 6) is 0.227. The number of rotatable bonds is 7. The molecule has 36 heavy (non-hydrogen) atoms. The molecule has 5 rings (SSSR count). The minimum atomic E-state index is -0.803. The van der Waals surface area contributed by atoms with E-state index in [9.17, 15) is 20.1 Å². The molecule has 0 saturated heterocycles. The maximum absolute atomic E-state index is 13.2. The van der Waals surface area contributed by atoms with Crippen molar-refractivity contribution in [2.75, 3.05) is 0 Å². The van der Waals surface area contributed by atoms with Crippen LogP contribution in [0.25, 0.3) is 11.4 Å². The molecule has 1 aromatic heterocycles. The molecule has 1 aliphatic carbocycles. The molecule has 1 unspecified atom stereocenters. The fourth-order valence-electron chi connectivity index (χ4n) is 5.07. The molecule has 1 saturated carbocycles. The number of esters is 1. The van der Waals surface area contributed by atoms with Crippen LogP contribution in [0.2, 0.25) is 5.02 Å². The molecular weight excluding hydrogens is 502 g/mol. The van der Waals surface area contributed by atoms with Crippen molar-refractivity contribution in [1.82, 2.24) is 15.2 Å². The summed E-state index contributed by atoms with van der Waals surface area (Å²) in [5.41, 5.74) is 0.853. The van der Waals surface area contributed by atoms with Crippen LogP contribution >= 0.6 is 23.4 Å². The zero-order valence-corrected chi connectivity index (χ0v) is 21.0. The normalized spacial score (nSPS) is 20.6. The average Bonchev–Trinajstić information content (AvgIpc) is 3.56. The number of cyclic esters (lactones) is 1. The standard InChI is InChI=1S/C26H26ClN3O5S/c27-19-13-15(5-10-20(19)32)11-12-26(17-3-1-2-4-17)14-21(33)22(24(34)35-26)36-25-28-23(29-30-25)16-6-8-18(31)9-7-16/h5-10,13,17,31-33H,1-4,11-12,14H2,(H,28,29,30). The third-order valence-electron chi connectivity index (χ3n) is 6.96. The summed E-state index contributed by atoms with van der Waals surface area (Å²) in [5, 5.41) is 37.8. The first-order chi connectivity index (χ1) is 17.3. The molecule has 1 aliphatic heterocycles. The number of thioether (sulfide) groups is 1. The summed E-state index contributed by atoms with van der Waals surface area (Å²) in [6.07, 6.45) is 5.38. The molecule has 0 radical (unpaired) electrons. The fourth-order valence-corrected chi connectivity index (χ4v) is 5.99. The van der Waals surface area contributed by atoms with Crippen molar-refractivity contribution in [3.05, 3.63) is 63.7 Å². The van der Waals surface area contributed by atoms with E-state index in [0.29, 0.717) is 18.7 Å². The third-order valence-corrected chi connectivity index (χ3v) is 8.23. The molecule has 2 aliphatic rings. The number of aliphatic hydroxyl groups is 1. The Morgan fingerprint density at radius 2 is 1.86 bits per heavy atom. The predicted molar refractivity (Wildman–Crippen MR) is 136 cm³/mol. The smallest absolute Gasteiger partial charge is 0.349 e. The highest BCUT2D eigenvalue weighted by Crippen LogP contribution is 2.47. The van der Waals surface area contributed by atoms with E-state index < -0.39 is 11.6 Å². The van der Waals surface area contributed by atoms with Crippen molar-refractivity contribution in [2.45, 2.75) is 55.7 Å². The average molecular weight is 528 g/mol. The summed E-state index contributed by atoms with van der Waals surface area (Å²) in [6.45, 7) is 0. The number of halogens is 1. The van der Waals surface area contributed by atoms with Crippen molar-refractivity contribution in [3.8, 4) is 22.9 Å². The lowest BCUT2D eigenvalue weighted by Gasteiger charge is -2.41. The van der Waals surface area contributed by atoms with E-state index in [4.69, 9.17) is 16.3 Å². The number of hydrogen-bond acceptors (Lipinski definition) is 8. The van der Waals surface area contributed by atoms with Gasteiger partial charge < -0.3 is 20.1 Å². The van der Waals surface area contributed by atoms with E-state index in [0.717, 1.165) is 48.6 Å². The largest absolute Gasteiger partial charge is 0.511 e. The van der Waals surface area contributed by atoms with Crippen LogP contribution < -0.4 is 0 Å². The van der Waals surface area contributed by atoms with Crippen LogP contribution in [0.4, 0.5) is 0 Å². The molecule has 1 fully saturated rings. The molecule has 1 atom stereocenters. The third kappa shape index (κ3) is 5.03. The number of hydrogen-bond donors (Lipinski definition) is 4. The molecule has 2 aromatic carbocycles. The molecule has 188 valence electrons. The summed E-state index contributed by atoms with van der Waals surface area (Å²) in [4.78, 5) is 17.7. The number of phenols is 2. The van der Waals surface area contributed by atoms with Crippen molar-refractivity contribution < 1.29 is 24.9 Å². The number of aromatic nitrogens is 3. The Kier molecular flexibility index (Phi) is 6.85. The first kappa shape index (κ1) is 24.5. The van der Waals surface area contributed by atoms with E-state index in [2.05, 4.69) is 15.2 Å². The van der Waals surface area contributed by atoms with Crippen LogP contribution in [-0.4, -0.2) is 42.1 Å². The zero-order chi connectivity index (χ0) is 25.3. The lowest BCUT2D eigenvalue weighted by molar-refractivity contribution is -0.166. The quantitative estimate of drug-likeness (QED) is 0.279. The number of nitrogens with one attached hydrogen (secondary N) is 1. The SMILES string of the molecule is O=C1OC(CCc2ccc(O)c(Cl)c2)(C2CCCC2)CC(O)=C1Sc1n[nH]c(-c2ccc(O)cc2)n1. The number of aryl methyl sites for hydroxylation is 1. The molecule has 0 amide bonds. The van der Waals surface area contributed by atoms with Gasteiger partial charge in [0.05, 0.1) is 5.02 Å². The van der Waals surface area contributed by atoms with Gasteiger partial charge in [-0.15, -0.1) is 5.10 Å². The molecular formula is C26H26ClN3O5S. The van der Waals surface area contributed by atoms with Crippen LogP contribution in [0.3, 0.4) is 0 Å². The van der Waals surface area contributed by atoms with Gasteiger partial charge in [0.15, 0.2) is 5.82 Å². The monoisotopic (exact) mass is 527 g/mol. The summed E-state index contributed by atoms with van der Waals surface area (Å²) in [7, 11) is 0. The molecule has 3 aromatic rings. The Morgan fingerprint density at radius 1 is 1.11 bits per heavy atom. The Labute approximate surface area is 217 Å². The van der Waals surface area contributed by atoms with Gasteiger partial charge in [0.25, 0.3) is 0 Å². The van der Waals surface area contributed by atoms with E-state index in [-0.39, 0.29) is 44.7 Å². The first-order valence-corrected chi connectivity index (χ1v) is 13.0. The zero-order valence-electron chi connectivity index (χ0n) is 19.4. The van der Waals surface area contributed by atoms with Gasteiger partial charge in [-0.05, 0) is 85.3 Å². The molecule has 0 spiro atoms. The van der Waals surface area contributed by atoms with Crippen LogP contribution in [0.5, 0.6) is 11.5 Å². The fraction of sp³-hybridized carbons (Fsp3) is 0.346. The molecule has 2 heterocycles. The molecule has 4 N–H and O–H groups in total. The number of carbonyl (C=O) groups is 1. The van der Waals surface area contributed by atoms with Crippen LogP contribution in [0.15, 0.2) is 58.3 Å². The van der Waals surface area contributed by atoms with Gasteiger partial charge >= 0.3 is 5.97 Å². The van der Waals surface area contributed by atoms with Crippen LogP contribution in [0, 0.1) is 5.92 Å². The second-order valence-corrected chi connectivity index (χ2v) is 10.7. The number of ether oxygens (including phenoxy) is 1. The molecule has 10 heteroatoms. The number of H-pyrrole nitrogens is 1. The van der Waals surface area contributed by atoms with Gasteiger partial charge in [0, 0.05) is 12.0 Å². The van der Waals surface area contributed by atoms with Gasteiger partial charge in [0.2, 0.25) is 5.16 Å². The van der Waals surface area contributed by atoms with Crippen LogP contribution in [-0.2, 0) is 16.0 Å². The number of aliphatic hydroxyl groups excluding tert-OH is 1. The maximum Gasteiger partial charge on any atom is 0.349 e. The Hall–Kier alpha value is -3.17. The van der Waals surface area contributed by atoms with Gasteiger partial charge in [0.1, 0.15) is 27.8 Å². The van der Waals surface area contributed by atoms with Gasteiger partial charge in [-0.3, -0.25) is 5.10 Å². The lowest BCUT2D eigenvalue weighted by atomic mass is 9.77. The van der Waals surface area contributed by atoms with Gasteiger partial charge in [-0.25, -0.2) is 9.78 Å². The summed E-state index contributed by atoms with van der Waals surface area (Å²) < 4.78 is 6.14. The van der Waals surface area contributed by atoms with E-state index in [1.807, 2.05) is 0 Å². The minimum absolute atomic E-state index is 0.0112. The summed E-state index contributed by atoms with van der Waals surface area (Å²) in [6, 6.07) is 11.6. The van der Waals surface area contributed by atoms with Crippen molar-refractivity contribution in [1.29, 1.82) is 0 Å². The minimum Gasteiger partial charge on any atom is -0.511 e. The van der Waals surface area contributed by atoms with Crippen molar-refractivity contribution in [2.24, 2.45) is 5.92 Å². The van der Waals surface area contributed by atoms with Crippen molar-refractivity contribution >= 4 is 29.3 Å². The highest BCUT2D eigenvalue weighted by Gasteiger charge is 2.48. The Bertz CT molecular complexity index is 1300. The predicted octanol–water partition coefficient (Wildman–Crippen LogP) is 5.91. The lowest BCUT2D eigenvalue weighted by Crippen LogP contribution is -2.45. The second-order valence-electron chi connectivity index (χ2n) is 9.29. The Balaban J connectivity index is 1.36. The van der Waals surface area contributed by atoms with Crippen molar-refractivity contribution in [3.63, 3.8) is 0 Å². The number of aromatic hydroxyl groups is 2. The van der Waals surface area contributed by atoms with E-state index in [1.165, 1.54) is 0 Å². The maximum atomic E-state index is 13.2. The number of carbonyl (C=O) groups excluding carboxylic acids is 1. The highest BCUT2D eigenvalue weighted by molar-refractivity contribution is 8.03. The Morgan fingerprint density at radius 3 is 2.56 bits per heavy atom. The number of phenolic OH excluding ortho intramolecular Hbond substituents is 2. The number of nitrogens with zero attached hydrogens (tertiary/aromatic N) is 2. The number of benzene rings is 2. The van der Waals surface area contributed by atoms with E-state index in [1.54, 1.807) is 42.5 Å². The highest BCUT2D eigenvalue weighted by atomic mass is 35.5. The molecule has 8 nitrogen and oxygen atoms in total. The van der Waals surface area contributed by atoms with Gasteiger partial charge in [-0.1, -0.05) is 30.5 Å².